The van der Waals surface area contributed by atoms with Gasteiger partial charge in [-0.2, -0.15) is 0 Å². The van der Waals surface area contributed by atoms with Crippen molar-refractivity contribution >= 4 is 11.8 Å². The third kappa shape index (κ3) is 8.27. The summed E-state index contributed by atoms with van der Waals surface area (Å²) in [5.74, 6) is 2.22. The van der Waals surface area contributed by atoms with Gasteiger partial charge < -0.3 is 9.80 Å². The molecule has 0 heterocycles. The van der Waals surface area contributed by atoms with Crippen LogP contribution in [0.5, 0.6) is 0 Å². The third-order valence-corrected chi connectivity index (χ3v) is 2.10. The van der Waals surface area contributed by atoms with Crippen LogP contribution in [0, 0.1) is 0 Å². The van der Waals surface area contributed by atoms with Gasteiger partial charge in [-0.1, -0.05) is 0 Å². The fourth-order valence-electron chi connectivity index (χ4n) is 0.406. The molecule has 56 valence electrons. The first-order chi connectivity index (χ1) is 4.13. The van der Waals surface area contributed by atoms with E-state index in [1.54, 1.807) is 0 Å². The summed E-state index contributed by atoms with van der Waals surface area (Å²) < 4.78 is 0. The Labute approximate surface area is 62.2 Å². The zero-order valence-corrected chi connectivity index (χ0v) is 7.53. The Hall–Kier alpha value is 0.270. The predicted molar refractivity (Wildman–Crippen MR) is 44.7 cm³/mol. The van der Waals surface area contributed by atoms with E-state index >= 15 is 0 Å². The molecular formula is C6H16N2S. The van der Waals surface area contributed by atoms with Gasteiger partial charge in [0.25, 0.3) is 0 Å². The van der Waals surface area contributed by atoms with Crippen LogP contribution in [0.25, 0.3) is 0 Å². The van der Waals surface area contributed by atoms with E-state index in [9.17, 15) is 0 Å². The molecule has 0 aromatic carbocycles. The summed E-state index contributed by atoms with van der Waals surface area (Å²) in [5.41, 5.74) is 0. The Morgan fingerprint density at radius 2 is 1.22 bits per heavy atom. The van der Waals surface area contributed by atoms with Crippen LogP contribution >= 0.6 is 11.8 Å². The molecule has 0 aliphatic carbocycles. The van der Waals surface area contributed by atoms with Gasteiger partial charge in [0, 0.05) is 11.8 Å². The van der Waals surface area contributed by atoms with Crippen molar-refractivity contribution in [2.75, 3.05) is 39.9 Å². The fraction of sp³-hybridized carbons (Fsp3) is 1.00. The lowest BCUT2D eigenvalue weighted by Crippen LogP contribution is -2.15. The SMILES string of the molecule is CN(C)CSCN(C)C. The monoisotopic (exact) mass is 148 g/mol. The van der Waals surface area contributed by atoms with E-state index in [0.717, 1.165) is 11.8 Å². The van der Waals surface area contributed by atoms with Crippen molar-refractivity contribution in [3.63, 3.8) is 0 Å². The van der Waals surface area contributed by atoms with Crippen molar-refractivity contribution in [2.24, 2.45) is 0 Å². The molecular weight excluding hydrogens is 132 g/mol. The molecule has 2 nitrogen and oxygen atoms in total. The molecule has 0 rings (SSSR count). The topological polar surface area (TPSA) is 6.48 Å². The van der Waals surface area contributed by atoms with Crippen LogP contribution in [0.3, 0.4) is 0 Å². The molecule has 0 aromatic rings. The Morgan fingerprint density at radius 3 is 1.44 bits per heavy atom. The van der Waals surface area contributed by atoms with Crippen LogP contribution in [-0.2, 0) is 0 Å². The summed E-state index contributed by atoms with van der Waals surface area (Å²) in [6.07, 6.45) is 0. The molecule has 0 radical (unpaired) electrons. The minimum Gasteiger partial charge on any atom is -0.300 e. The van der Waals surface area contributed by atoms with Gasteiger partial charge in [0.1, 0.15) is 0 Å². The molecule has 0 N–H and O–H groups in total. The molecule has 9 heavy (non-hydrogen) atoms. The van der Waals surface area contributed by atoms with Gasteiger partial charge in [0.2, 0.25) is 0 Å². The van der Waals surface area contributed by atoms with Gasteiger partial charge in [-0.3, -0.25) is 0 Å². The number of nitrogens with zero attached hydrogens (tertiary/aromatic N) is 2. The highest BCUT2D eigenvalue weighted by Gasteiger charge is 1.90. The second kappa shape index (κ2) is 5.09. The van der Waals surface area contributed by atoms with Gasteiger partial charge in [-0.25, -0.2) is 0 Å². The first-order valence-electron chi connectivity index (χ1n) is 3.00. The summed E-state index contributed by atoms with van der Waals surface area (Å²) >= 11 is 1.92. The lowest BCUT2D eigenvalue weighted by Gasteiger charge is -2.12. The standard InChI is InChI=1S/C6H16N2S/c1-7(2)5-9-6-8(3)4/h5-6H2,1-4H3. The van der Waals surface area contributed by atoms with Gasteiger partial charge in [0.15, 0.2) is 0 Å². The first kappa shape index (κ1) is 9.27. The maximum Gasteiger partial charge on any atom is 0.0451 e. The van der Waals surface area contributed by atoms with Crippen LogP contribution in [0.1, 0.15) is 0 Å². The predicted octanol–water partition coefficient (Wildman–Crippen LogP) is 0.758. The summed E-state index contributed by atoms with van der Waals surface area (Å²) in [4.78, 5) is 4.35. The van der Waals surface area contributed by atoms with Crippen molar-refractivity contribution in [1.29, 1.82) is 0 Å². The molecule has 3 heteroatoms. The van der Waals surface area contributed by atoms with Gasteiger partial charge in [-0.05, 0) is 28.2 Å². The minimum atomic E-state index is 1.11. The van der Waals surface area contributed by atoms with E-state index in [1.807, 2.05) is 11.8 Å². The van der Waals surface area contributed by atoms with E-state index < -0.39 is 0 Å². The van der Waals surface area contributed by atoms with Crippen LogP contribution in [-0.4, -0.2) is 49.7 Å². The number of hydrogen-bond acceptors (Lipinski definition) is 3. The Morgan fingerprint density at radius 1 is 0.889 bits per heavy atom. The fourth-order valence-corrected chi connectivity index (χ4v) is 1.22. The van der Waals surface area contributed by atoms with Crippen molar-refractivity contribution in [3.05, 3.63) is 0 Å². The zero-order chi connectivity index (χ0) is 7.28. The molecule has 0 fully saturated rings. The van der Waals surface area contributed by atoms with Crippen molar-refractivity contribution in [1.82, 2.24) is 9.80 Å². The highest BCUT2D eigenvalue weighted by molar-refractivity contribution is 7.99. The number of thioether (sulfide) groups is 1. The second-order valence-corrected chi connectivity index (χ2v) is 3.55. The van der Waals surface area contributed by atoms with Gasteiger partial charge in [-0.15, -0.1) is 11.8 Å². The molecule has 0 spiro atoms. The average molecular weight is 148 g/mol. The number of rotatable bonds is 4. The highest BCUT2D eigenvalue weighted by Crippen LogP contribution is 2.00. The summed E-state index contributed by atoms with van der Waals surface area (Å²) in [5, 5.41) is 0. The van der Waals surface area contributed by atoms with E-state index in [1.165, 1.54) is 0 Å². The molecule has 0 amide bonds. The van der Waals surface area contributed by atoms with Crippen molar-refractivity contribution in [2.45, 2.75) is 0 Å². The summed E-state index contributed by atoms with van der Waals surface area (Å²) in [6, 6.07) is 0. The second-order valence-electron chi connectivity index (χ2n) is 2.62. The Bertz CT molecular complexity index is 56.1. The first-order valence-corrected chi connectivity index (χ1v) is 4.15. The molecule has 0 aromatic heterocycles. The summed E-state index contributed by atoms with van der Waals surface area (Å²) in [6.45, 7) is 0. The highest BCUT2D eigenvalue weighted by atomic mass is 32.2. The van der Waals surface area contributed by atoms with Crippen LogP contribution < -0.4 is 0 Å². The van der Waals surface area contributed by atoms with Gasteiger partial charge >= 0.3 is 0 Å². The molecule has 0 saturated heterocycles. The van der Waals surface area contributed by atoms with E-state index in [-0.39, 0.29) is 0 Å². The lowest BCUT2D eigenvalue weighted by molar-refractivity contribution is 0.467. The van der Waals surface area contributed by atoms with Gasteiger partial charge in [0.05, 0.1) is 0 Å². The molecule has 0 unspecified atom stereocenters. The molecule has 0 bridgehead atoms. The van der Waals surface area contributed by atoms with Crippen LogP contribution in [0.2, 0.25) is 0 Å². The summed E-state index contributed by atoms with van der Waals surface area (Å²) in [7, 11) is 8.34. The van der Waals surface area contributed by atoms with E-state index in [2.05, 4.69) is 38.0 Å². The largest absolute Gasteiger partial charge is 0.300 e. The van der Waals surface area contributed by atoms with Crippen molar-refractivity contribution < 1.29 is 0 Å². The van der Waals surface area contributed by atoms with Crippen LogP contribution in [0.4, 0.5) is 0 Å². The smallest absolute Gasteiger partial charge is 0.0451 e. The number of hydrogen-bond donors (Lipinski definition) is 0. The molecule has 0 atom stereocenters. The van der Waals surface area contributed by atoms with Crippen molar-refractivity contribution in [3.8, 4) is 0 Å². The maximum atomic E-state index is 2.17. The Balaban J connectivity index is 2.91. The minimum absolute atomic E-state index is 1.11. The maximum absolute atomic E-state index is 2.17. The zero-order valence-electron chi connectivity index (χ0n) is 6.72. The molecule has 0 aliphatic heterocycles. The molecule has 0 saturated carbocycles. The quantitative estimate of drug-likeness (QED) is 0.543. The average Bonchev–Trinajstić information content (AvgIpc) is 1.63. The lowest BCUT2D eigenvalue weighted by atomic mass is 11.0. The third-order valence-electron chi connectivity index (χ3n) is 0.699. The molecule has 0 aliphatic rings. The normalized spacial score (nSPS) is 11.3. The Kier molecular flexibility index (Phi) is 5.24. The van der Waals surface area contributed by atoms with E-state index in [4.69, 9.17) is 0 Å². The van der Waals surface area contributed by atoms with E-state index in [0.29, 0.717) is 0 Å². The van der Waals surface area contributed by atoms with Crippen LogP contribution in [0.15, 0.2) is 0 Å².